The highest BCUT2D eigenvalue weighted by Gasteiger charge is 2.05. The molecule has 1 heterocycles. The average molecular weight is 251 g/mol. The van der Waals surface area contributed by atoms with Gasteiger partial charge in [0.25, 0.3) is 5.56 Å². The number of rotatable bonds is 1. The Balaban J connectivity index is 2.34. The Hall–Kier alpha value is -2.62. The lowest BCUT2D eigenvalue weighted by atomic mass is 10.1. The maximum Gasteiger partial charge on any atom is 0.280 e. The molecule has 3 aromatic rings. The molecule has 4 heteroatoms. The topological polar surface area (TPSA) is 60.9 Å². The average Bonchev–Trinajstić information content (AvgIpc) is 2.43. The summed E-state index contributed by atoms with van der Waals surface area (Å²) in [6.45, 7) is 1.96. The molecule has 0 aliphatic carbocycles. The van der Waals surface area contributed by atoms with E-state index in [0.717, 1.165) is 22.5 Å². The summed E-state index contributed by atoms with van der Waals surface area (Å²) < 4.78 is 1.89. The third kappa shape index (κ3) is 1.87. The van der Waals surface area contributed by atoms with Crippen LogP contribution in [-0.2, 0) is 0 Å². The lowest BCUT2D eigenvalue weighted by Crippen LogP contribution is -2.11. The third-order valence-corrected chi connectivity index (χ3v) is 3.22. The molecule has 0 saturated heterocycles. The van der Waals surface area contributed by atoms with E-state index in [1.165, 1.54) is 0 Å². The SMILES string of the molecule is Cc1cc(-n2cnc(=O)c3ccccc32)ccc1N. The Morgan fingerprint density at radius 3 is 2.74 bits per heavy atom. The first-order chi connectivity index (χ1) is 9.16. The second kappa shape index (κ2) is 4.24. The van der Waals surface area contributed by atoms with E-state index in [1.807, 2.05) is 47.9 Å². The van der Waals surface area contributed by atoms with Gasteiger partial charge in [-0.1, -0.05) is 12.1 Å². The predicted molar refractivity (Wildman–Crippen MR) is 76.5 cm³/mol. The summed E-state index contributed by atoms with van der Waals surface area (Å²) in [5, 5.41) is 0.611. The van der Waals surface area contributed by atoms with Crippen LogP contribution < -0.4 is 11.3 Å². The van der Waals surface area contributed by atoms with Crippen molar-refractivity contribution in [3.8, 4) is 5.69 Å². The fraction of sp³-hybridized carbons (Fsp3) is 0.0667. The van der Waals surface area contributed by atoms with Crippen LogP contribution in [0.3, 0.4) is 0 Å². The standard InChI is InChI=1S/C15H13N3O/c1-10-8-11(6-7-13(10)16)18-9-17-15(19)12-4-2-3-5-14(12)18/h2-9H,16H2,1H3. The van der Waals surface area contributed by atoms with E-state index < -0.39 is 0 Å². The molecule has 0 aliphatic rings. The smallest absolute Gasteiger partial charge is 0.280 e. The maximum atomic E-state index is 11.7. The number of hydrogen-bond donors (Lipinski definition) is 1. The van der Waals surface area contributed by atoms with Gasteiger partial charge in [0.2, 0.25) is 0 Å². The minimum absolute atomic E-state index is 0.209. The van der Waals surface area contributed by atoms with Crippen molar-refractivity contribution in [1.82, 2.24) is 9.55 Å². The molecule has 3 rings (SSSR count). The second-order valence-corrected chi connectivity index (χ2v) is 4.48. The van der Waals surface area contributed by atoms with Gasteiger partial charge in [-0.2, -0.15) is 4.98 Å². The molecule has 0 unspecified atom stereocenters. The highest BCUT2D eigenvalue weighted by molar-refractivity contribution is 5.79. The van der Waals surface area contributed by atoms with Crippen molar-refractivity contribution in [2.45, 2.75) is 6.92 Å². The van der Waals surface area contributed by atoms with Gasteiger partial charge in [0.05, 0.1) is 10.9 Å². The van der Waals surface area contributed by atoms with Crippen LogP contribution in [0.1, 0.15) is 5.56 Å². The second-order valence-electron chi connectivity index (χ2n) is 4.48. The van der Waals surface area contributed by atoms with Gasteiger partial charge in [-0.3, -0.25) is 4.79 Å². The zero-order valence-corrected chi connectivity index (χ0v) is 10.5. The molecule has 0 atom stereocenters. The van der Waals surface area contributed by atoms with Gasteiger partial charge in [-0.25, -0.2) is 0 Å². The van der Waals surface area contributed by atoms with Crippen LogP contribution in [0.25, 0.3) is 16.6 Å². The molecule has 0 radical (unpaired) electrons. The van der Waals surface area contributed by atoms with Crippen molar-refractivity contribution in [2.75, 3.05) is 5.73 Å². The maximum absolute atomic E-state index is 11.7. The van der Waals surface area contributed by atoms with Crippen molar-refractivity contribution >= 4 is 16.6 Å². The van der Waals surface area contributed by atoms with Crippen molar-refractivity contribution in [2.24, 2.45) is 0 Å². The summed E-state index contributed by atoms with van der Waals surface area (Å²) in [6, 6.07) is 13.2. The molecule has 0 fully saturated rings. The van der Waals surface area contributed by atoms with Crippen LogP contribution in [-0.4, -0.2) is 9.55 Å². The van der Waals surface area contributed by atoms with Crippen molar-refractivity contribution in [3.05, 3.63) is 64.7 Å². The summed E-state index contributed by atoms with van der Waals surface area (Å²) in [7, 11) is 0. The van der Waals surface area contributed by atoms with Crippen LogP contribution in [0, 0.1) is 6.92 Å². The molecule has 0 aliphatic heterocycles. The number of nitrogen functional groups attached to an aromatic ring is 1. The van der Waals surface area contributed by atoms with Crippen molar-refractivity contribution in [1.29, 1.82) is 0 Å². The lowest BCUT2D eigenvalue weighted by molar-refractivity contribution is 1.01. The third-order valence-electron chi connectivity index (χ3n) is 3.22. The van der Waals surface area contributed by atoms with Gasteiger partial charge in [0, 0.05) is 11.4 Å². The first-order valence-corrected chi connectivity index (χ1v) is 6.00. The number of aromatic nitrogens is 2. The fourth-order valence-corrected chi connectivity index (χ4v) is 2.12. The van der Waals surface area contributed by atoms with Gasteiger partial charge in [-0.05, 0) is 42.8 Å². The quantitative estimate of drug-likeness (QED) is 0.675. The molecule has 2 N–H and O–H groups in total. The highest BCUT2D eigenvalue weighted by atomic mass is 16.1. The minimum Gasteiger partial charge on any atom is -0.399 e. The molecular formula is C15H13N3O. The lowest BCUT2D eigenvalue weighted by Gasteiger charge is -2.11. The Morgan fingerprint density at radius 1 is 1.16 bits per heavy atom. The molecule has 2 aromatic carbocycles. The van der Waals surface area contributed by atoms with Gasteiger partial charge in [0.1, 0.15) is 6.33 Å². The molecule has 0 bridgehead atoms. The van der Waals surface area contributed by atoms with E-state index in [4.69, 9.17) is 5.73 Å². The van der Waals surface area contributed by atoms with Crippen molar-refractivity contribution < 1.29 is 0 Å². The Labute approximate surface area is 110 Å². The fourth-order valence-electron chi connectivity index (χ4n) is 2.12. The first-order valence-electron chi connectivity index (χ1n) is 6.00. The Bertz CT molecular complexity index is 821. The predicted octanol–water partition coefficient (Wildman–Crippen LogP) is 2.28. The zero-order chi connectivity index (χ0) is 13.4. The summed E-state index contributed by atoms with van der Waals surface area (Å²) in [5.41, 5.74) is 9.15. The normalized spacial score (nSPS) is 10.8. The van der Waals surface area contributed by atoms with Gasteiger partial charge in [0.15, 0.2) is 0 Å². The number of aryl methyl sites for hydroxylation is 1. The number of fused-ring (bicyclic) bond motifs is 1. The van der Waals surface area contributed by atoms with E-state index in [1.54, 1.807) is 12.4 Å². The summed E-state index contributed by atoms with van der Waals surface area (Å²) in [4.78, 5) is 15.7. The van der Waals surface area contributed by atoms with Gasteiger partial charge < -0.3 is 10.3 Å². The largest absolute Gasteiger partial charge is 0.399 e. The molecule has 1 aromatic heterocycles. The van der Waals surface area contributed by atoms with E-state index >= 15 is 0 Å². The van der Waals surface area contributed by atoms with E-state index in [9.17, 15) is 4.79 Å². The van der Waals surface area contributed by atoms with Crippen LogP contribution >= 0.6 is 0 Å². The van der Waals surface area contributed by atoms with E-state index in [0.29, 0.717) is 5.39 Å². The van der Waals surface area contributed by atoms with Crippen LogP contribution in [0.4, 0.5) is 5.69 Å². The van der Waals surface area contributed by atoms with Crippen LogP contribution in [0.15, 0.2) is 53.6 Å². The molecular weight excluding hydrogens is 238 g/mol. The number of nitrogens with two attached hydrogens (primary N) is 1. The molecule has 19 heavy (non-hydrogen) atoms. The number of benzene rings is 2. The molecule has 0 amide bonds. The molecule has 4 nitrogen and oxygen atoms in total. The molecule has 0 saturated carbocycles. The summed E-state index contributed by atoms with van der Waals surface area (Å²) in [5.74, 6) is 0. The number of anilines is 1. The monoisotopic (exact) mass is 251 g/mol. The Morgan fingerprint density at radius 2 is 1.95 bits per heavy atom. The number of nitrogens with zero attached hydrogens (tertiary/aromatic N) is 2. The summed E-state index contributed by atoms with van der Waals surface area (Å²) >= 11 is 0. The Kier molecular flexibility index (Phi) is 2.56. The molecule has 94 valence electrons. The van der Waals surface area contributed by atoms with E-state index in [2.05, 4.69) is 4.98 Å². The number of hydrogen-bond acceptors (Lipinski definition) is 3. The van der Waals surface area contributed by atoms with Crippen LogP contribution in [0.5, 0.6) is 0 Å². The zero-order valence-electron chi connectivity index (χ0n) is 10.5. The van der Waals surface area contributed by atoms with E-state index in [-0.39, 0.29) is 5.56 Å². The van der Waals surface area contributed by atoms with Crippen molar-refractivity contribution in [3.63, 3.8) is 0 Å². The summed E-state index contributed by atoms with van der Waals surface area (Å²) in [6.07, 6.45) is 1.55. The van der Waals surface area contributed by atoms with Gasteiger partial charge >= 0.3 is 0 Å². The highest BCUT2D eigenvalue weighted by Crippen LogP contribution is 2.19. The van der Waals surface area contributed by atoms with Crippen LogP contribution in [0.2, 0.25) is 0 Å². The minimum atomic E-state index is -0.209. The number of para-hydroxylation sites is 1. The first kappa shape index (κ1) is 11.5. The molecule has 0 spiro atoms. The van der Waals surface area contributed by atoms with Gasteiger partial charge in [-0.15, -0.1) is 0 Å².